The van der Waals surface area contributed by atoms with Crippen molar-refractivity contribution >= 4 is 17.5 Å². The topological polar surface area (TPSA) is 62.2 Å². The Hall–Kier alpha value is -1.13. The molecule has 17 heavy (non-hydrogen) atoms. The first-order valence-corrected chi connectivity index (χ1v) is 6.12. The van der Waals surface area contributed by atoms with Crippen molar-refractivity contribution in [2.45, 2.75) is 25.3 Å². The van der Waals surface area contributed by atoms with Gasteiger partial charge >= 0.3 is 0 Å². The van der Waals surface area contributed by atoms with Gasteiger partial charge in [0.1, 0.15) is 5.15 Å². The molecule has 1 aliphatic carbocycles. The Morgan fingerprint density at radius 3 is 3.12 bits per heavy atom. The SMILES string of the molecule is O=C(NC1CCCC1CO)c1cccnc1Cl. The van der Waals surface area contributed by atoms with Crippen LogP contribution in [0.2, 0.25) is 5.15 Å². The maximum absolute atomic E-state index is 12.0. The predicted molar refractivity (Wildman–Crippen MR) is 64.9 cm³/mol. The highest BCUT2D eigenvalue weighted by Crippen LogP contribution is 2.25. The summed E-state index contributed by atoms with van der Waals surface area (Å²) in [6.07, 6.45) is 4.46. The Bertz CT molecular complexity index is 411. The molecule has 1 amide bonds. The summed E-state index contributed by atoms with van der Waals surface area (Å²) in [4.78, 5) is 15.8. The van der Waals surface area contributed by atoms with E-state index in [0.29, 0.717) is 5.56 Å². The molecular weight excluding hydrogens is 240 g/mol. The predicted octanol–water partition coefficient (Wildman–Crippen LogP) is 1.63. The number of nitrogens with one attached hydrogen (secondary N) is 1. The van der Waals surface area contributed by atoms with Gasteiger partial charge in [-0.1, -0.05) is 18.0 Å². The molecule has 1 fully saturated rings. The maximum Gasteiger partial charge on any atom is 0.254 e. The average molecular weight is 255 g/mol. The van der Waals surface area contributed by atoms with Crippen molar-refractivity contribution in [2.24, 2.45) is 5.92 Å². The van der Waals surface area contributed by atoms with Crippen LogP contribution in [-0.4, -0.2) is 28.6 Å². The molecule has 2 atom stereocenters. The minimum Gasteiger partial charge on any atom is -0.396 e. The number of nitrogens with zero attached hydrogens (tertiary/aromatic N) is 1. The lowest BCUT2D eigenvalue weighted by Crippen LogP contribution is -2.38. The van der Waals surface area contributed by atoms with E-state index in [1.165, 1.54) is 0 Å². The second-order valence-corrected chi connectivity index (χ2v) is 4.65. The van der Waals surface area contributed by atoms with Crippen LogP contribution in [0.5, 0.6) is 0 Å². The lowest BCUT2D eigenvalue weighted by molar-refractivity contribution is 0.0916. The molecule has 1 saturated carbocycles. The van der Waals surface area contributed by atoms with Crippen molar-refractivity contribution in [1.82, 2.24) is 10.3 Å². The summed E-state index contributed by atoms with van der Waals surface area (Å²) in [5.74, 6) is -0.0529. The molecule has 2 rings (SSSR count). The smallest absolute Gasteiger partial charge is 0.254 e. The molecular formula is C12H15ClN2O2. The Labute approximate surface area is 105 Å². The average Bonchev–Trinajstić information content (AvgIpc) is 2.76. The lowest BCUT2D eigenvalue weighted by atomic mass is 10.0. The Morgan fingerprint density at radius 1 is 1.59 bits per heavy atom. The first kappa shape index (κ1) is 12.3. The highest BCUT2D eigenvalue weighted by atomic mass is 35.5. The van der Waals surface area contributed by atoms with Crippen molar-refractivity contribution in [2.75, 3.05) is 6.61 Å². The van der Waals surface area contributed by atoms with Gasteiger partial charge in [0.25, 0.3) is 5.91 Å². The summed E-state index contributed by atoms with van der Waals surface area (Å²) in [5.41, 5.74) is 0.387. The number of rotatable bonds is 3. The van der Waals surface area contributed by atoms with Gasteiger partial charge in [0.2, 0.25) is 0 Å². The molecule has 0 radical (unpaired) electrons. The molecule has 5 heteroatoms. The van der Waals surface area contributed by atoms with Crippen LogP contribution in [0.3, 0.4) is 0 Å². The van der Waals surface area contributed by atoms with E-state index in [1.54, 1.807) is 18.3 Å². The number of halogens is 1. The third kappa shape index (κ3) is 2.76. The van der Waals surface area contributed by atoms with Gasteiger partial charge in [-0.3, -0.25) is 4.79 Å². The zero-order chi connectivity index (χ0) is 12.3. The minimum absolute atomic E-state index is 0.0452. The summed E-state index contributed by atoms with van der Waals surface area (Å²) in [7, 11) is 0. The molecule has 2 unspecified atom stereocenters. The number of hydrogen-bond acceptors (Lipinski definition) is 3. The maximum atomic E-state index is 12.0. The Kier molecular flexibility index (Phi) is 3.97. The van der Waals surface area contributed by atoms with Crippen LogP contribution in [0.4, 0.5) is 0 Å². The van der Waals surface area contributed by atoms with Gasteiger partial charge in [-0.25, -0.2) is 4.98 Å². The number of pyridine rings is 1. The summed E-state index contributed by atoms with van der Waals surface area (Å²) in [5, 5.41) is 12.3. The zero-order valence-electron chi connectivity index (χ0n) is 9.40. The number of aromatic nitrogens is 1. The molecule has 1 aromatic heterocycles. The van der Waals surface area contributed by atoms with Gasteiger partial charge in [-0.05, 0) is 25.0 Å². The summed E-state index contributed by atoms with van der Waals surface area (Å²) in [6, 6.07) is 3.37. The highest BCUT2D eigenvalue weighted by Gasteiger charge is 2.28. The largest absolute Gasteiger partial charge is 0.396 e. The van der Waals surface area contributed by atoms with Gasteiger partial charge in [0.15, 0.2) is 0 Å². The molecule has 0 aromatic carbocycles. The van der Waals surface area contributed by atoms with E-state index in [2.05, 4.69) is 10.3 Å². The lowest BCUT2D eigenvalue weighted by Gasteiger charge is -2.19. The van der Waals surface area contributed by atoms with Crippen molar-refractivity contribution < 1.29 is 9.90 Å². The van der Waals surface area contributed by atoms with E-state index in [4.69, 9.17) is 11.6 Å². The van der Waals surface area contributed by atoms with Crippen LogP contribution in [0.1, 0.15) is 29.6 Å². The molecule has 0 spiro atoms. The summed E-state index contributed by atoms with van der Waals surface area (Å²) < 4.78 is 0. The van der Waals surface area contributed by atoms with E-state index < -0.39 is 0 Å². The van der Waals surface area contributed by atoms with Crippen LogP contribution in [0.25, 0.3) is 0 Å². The molecule has 1 aliphatic rings. The van der Waals surface area contributed by atoms with Crippen molar-refractivity contribution in [1.29, 1.82) is 0 Å². The molecule has 0 bridgehead atoms. The van der Waals surface area contributed by atoms with E-state index >= 15 is 0 Å². The third-order valence-electron chi connectivity index (χ3n) is 3.21. The van der Waals surface area contributed by atoms with Crippen LogP contribution in [0, 0.1) is 5.92 Å². The van der Waals surface area contributed by atoms with Gasteiger partial charge in [-0.2, -0.15) is 0 Å². The first-order valence-electron chi connectivity index (χ1n) is 5.74. The quantitative estimate of drug-likeness (QED) is 0.806. The molecule has 4 nitrogen and oxygen atoms in total. The molecule has 0 aliphatic heterocycles. The van der Waals surface area contributed by atoms with Gasteiger partial charge < -0.3 is 10.4 Å². The number of hydrogen-bond donors (Lipinski definition) is 2. The highest BCUT2D eigenvalue weighted by molar-refractivity contribution is 6.32. The molecule has 2 N–H and O–H groups in total. The van der Waals surface area contributed by atoms with E-state index in [1.807, 2.05) is 0 Å². The van der Waals surface area contributed by atoms with E-state index in [0.717, 1.165) is 19.3 Å². The van der Waals surface area contributed by atoms with E-state index in [9.17, 15) is 9.90 Å². The Morgan fingerprint density at radius 2 is 2.41 bits per heavy atom. The van der Waals surface area contributed by atoms with Crippen LogP contribution >= 0.6 is 11.6 Å². The van der Waals surface area contributed by atoms with Gasteiger partial charge in [0.05, 0.1) is 5.56 Å². The number of aliphatic hydroxyl groups excluding tert-OH is 1. The van der Waals surface area contributed by atoms with Crippen LogP contribution in [0.15, 0.2) is 18.3 Å². The molecule has 1 aromatic rings. The van der Waals surface area contributed by atoms with Gasteiger partial charge in [-0.15, -0.1) is 0 Å². The first-order chi connectivity index (χ1) is 8.22. The van der Waals surface area contributed by atoms with Crippen molar-refractivity contribution in [3.05, 3.63) is 29.0 Å². The minimum atomic E-state index is -0.214. The van der Waals surface area contributed by atoms with Crippen molar-refractivity contribution in [3.63, 3.8) is 0 Å². The fourth-order valence-corrected chi connectivity index (χ4v) is 2.45. The van der Waals surface area contributed by atoms with Crippen LogP contribution < -0.4 is 5.32 Å². The summed E-state index contributed by atoms with van der Waals surface area (Å²) >= 11 is 5.85. The normalized spacial score (nSPS) is 23.6. The number of amides is 1. The van der Waals surface area contributed by atoms with Crippen LogP contribution in [-0.2, 0) is 0 Å². The fourth-order valence-electron chi connectivity index (χ4n) is 2.25. The second kappa shape index (κ2) is 5.47. The third-order valence-corrected chi connectivity index (χ3v) is 3.51. The zero-order valence-corrected chi connectivity index (χ0v) is 10.2. The number of aliphatic hydroxyl groups is 1. The molecule has 92 valence electrons. The van der Waals surface area contributed by atoms with Gasteiger partial charge in [0, 0.05) is 24.8 Å². The van der Waals surface area contributed by atoms with Crippen molar-refractivity contribution in [3.8, 4) is 0 Å². The second-order valence-electron chi connectivity index (χ2n) is 4.30. The number of carbonyl (C=O) groups excluding carboxylic acids is 1. The standard InChI is InChI=1S/C12H15ClN2O2/c13-11-9(4-2-6-14-11)12(17)15-10-5-1-3-8(10)7-16/h2,4,6,8,10,16H,1,3,5,7H2,(H,15,17). The monoisotopic (exact) mass is 254 g/mol. The summed E-state index contributed by atoms with van der Waals surface area (Å²) in [6.45, 7) is 0.117. The Balaban J connectivity index is 2.04. The fraction of sp³-hybridized carbons (Fsp3) is 0.500. The number of carbonyl (C=O) groups is 1. The molecule has 0 saturated heterocycles. The van der Waals surface area contributed by atoms with E-state index in [-0.39, 0.29) is 29.6 Å². The molecule has 1 heterocycles.